The molecule has 5 nitrogen and oxygen atoms in total. The first-order chi connectivity index (χ1) is 13.3. The number of hydrogen-bond donors (Lipinski definition) is 2. The number of guanidine groups is 1. The summed E-state index contributed by atoms with van der Waals surface area (Å²) in [4.78, 5) is 19.3. The minimum atomic E-state index is 0.00370. The monoisotopic (exact) mass is 382 g/mol. The van der Waals surface area contributed by atoms with Crippen LogP contribution in [0.3, 0.4) is 0 Å². The molecule has 0 radical (unpaired) electrons. The standard InChI is InChI=1S/C21H26N4OS/c1-22-21(24-13-6-12-23-20(26)19-9-5-16-27-19)25-14-10-18(11-15-25)17-7-3-2-4-8-17/h2-5,7-10,16H,6,11-15H2,1H3,(H,22,24)(H,23,26). The zero-order valence-electron chi connectivity index (χ0n) is 15.6. The molecule has 142 valence electrons. The molecular weight excluding hydrogens is 356 g/mol. The van der Waals surface area contributed by atoms with Gasteiger partial charge in [-0.15, -0.1) is 11.3 Å². The largest absolute Gasteiger partial charge is 0.356 e. The van der Waals surface area contributed by atoms with Crippen molar-refractivity contribution in [3.05, 3.63) is 64.4 Å². The molecule has 0 unspecified atom stereocenters. The lowest BCUT2D eigenvalue weighted by Crippen LogP contribution is -2.44. The third-order valence-electron chi connectivity index (χ3n) is 4.53. The Bertz CT molecular complexity index is 784. The van der Waals surface area contributed by atoms with Crippen LogP contribution in [-0.4, -0.2) is 50.0 Å². The highest BCUT2D eigenvalue weighted by Crippen LogP contribution is 2.21. The van der Waals surface area contributed by atoms with Gasteiger partial charge in [0.05, 0.1) is 4.88 Å². The van der Waals surface area contributed by atoms with Crippen molar-refractivity contribution in [1.82, 2.24) is 15.5 Å². The van der Waals surface area contributed by atoms with Crippen molar-refractivity contribution < 1.29 is 4.79 Å². The Balaban J connectivity index is 1.40. The Labute approximate surface area is 164 Å². The molecule has 2 aromatic rings. The molecule has 2 heterocycles. The van der Waals surface area contributed by atoms with E-state index in [1.54, 1.807) is 0 Å². The summed E-state index contributed by atoms with van der Waals surface area (Å²) in [5, 5.41) is 8.26. The first-order valence-corrected chi connectivity index (χ1v) is 10.2. The molecule has 6 heteroatoms. The average molecular weight is 383 g/mol. The predicted molar refractivity (Wildman–Crippen MR) is 113 cm³/mol. The van der Waals surface area contributed by atoms with Crippen LogP contribution in [0.25, 0.3) is 5.57 Å². The van der Waals surface area contributed by atoms with E-state index in [9.17, 15) is 4.79 Å². The fraction of sp³-hybridized carbons (Fsp3) is 0.333. The summed E-state index contributed by atoms with van der Waals surface area (Å²) in [7, 11) is 1.82. The number of aliphatic imine (C=N–C) groups is 1. The van der Waals surface area contributed by atoms with E-state index < -0.39 is 0 Å². The molecule has 0 bridgehead atoms. The molecule has 0 saturated heterocycles. The normalized spacial score (nSPS) is 14.6. The van der Waals surface area contributed by atoms with Gasteiger partial charge in [-0.25, -0.2) is 0 Å². The second-order valence-electron chi connectivity index (χ2n) is 6.35. The number of benzene rings is 1. The van der Waals surface area contributed by atoms with Crippen molar-refractivity contribution in [3.63, 3.8) is 0 Å². The third kappa shape index (κ3) is 5.44. The van der Waals surface area contributed by atoms with Gasteiger partial charge in [-0.3, -0.25) is 9.79 Å². The van der Waals surface area contributed by atoms with E-state index in [0.29, 0.717) is 6.54 Å². The molecule has 2 N–H and O–H groups in total. The fourth-order valence-electron chi connectivity index (χ4n) is 3.09. The van der Waals surface area contributed by atoms with Gasteiger partial charge in [0.2, 0.25) is 0 Å². The maximum absolute atomic E-state index is 11.9. The maximum atomic E-state index is 11.9. The quantitative estimate of drug-likeness (QED) is 0.458. The molecule has 27 heavy (non-hydrogen) atoms. The zero-order valence-corrected chi connectivity index (χ0v) is 16.5. The van der Waals surface area contributed by atoms with Gasteiger partial charge in [-0.1, -0.05) is 42.5 Å². The van der Waals surface area contributed by atoms with Crippen LogP contribution in [0.4, 0.5) is 0 Å². The van der Waals surface area contributed by atoms with E-state index in [1.165, 1.54) is 22.5 Å². The second kappa shape index (κ2) is 9.92. The number of hydrogen-bond acceptors (Lipinski definition) is 3. The zero-order chi connectivity index (χ0) is 18.9. The van der Waals surface area contributed by atoms with E-state index >= 15 is 0 Å². The Morgan fingerprint density at radius 3 is 2.63 bits per heavy atom. The minimum absolute atomic E-state index is 0.00370. The highest BCUT2D eigenvalue weighted by molar-refractivity contribution is 7.12. The minimum Gasteiger partial charge on any atom is -0.356 e. The first-order valence-electron chi connectivity index (χ1n) is 9.29. The number of carbonyl (C=O) groups is 1. The van der Waals surface area contributed by atoms with Crippen LogP contribution < -0.4 is 10.6 Å². The Kier molecular flexibility index (Phi) is 7.04. The number of amides is 1. The van der Waals surface area contributed by atoms with E-state index in [2.05, 4.69) is 50.9 Å². The number of thiophene rings is 1. The Hall–Kier alpha value is -2.60. The van der Waals surface area contributed by atoms with Gasteiger partial charge in [0.25, 0.3) is 5.91 Å². The summed E-state index contributed by atoms with van der Waals surface area (Å²) in [6, 6.07) is 14.3. The summed E-state index contributed by atoms with van der Waals surface area (Å²) in [6.07, 6.45) is 4.16. The van der Waals surface area contributed by atoms with Crippen molar-refractivity contribution in [2.75, 3.05) is 33.2 Å². The van der Waals surface area contributed by atoms with E-state index in [-0.39, 0.29) is 5.91 Å². The molecule has 0 saturated carbocycles. The second-order valence-corrected chi connectivity index (χ2v) is 7.30. The first kappa shape index (κ1) is 19.2. The van der Waals surface area contributed by atoms with Gasteiger partial charge in [0.1, 0.15) is 0 Å². The fourth-order valence-corrected chi connectivity index (χ4v) is 3.73. The summed E-state index contributed by atoms with van der Waals surface area (Å²) < 4.78 is 0. The lowest BCUT2D eigenvalue weighted by atomic mass is 10.00. The van der Waals surface area contributed by atoms with Gasteiger partial charge < -0.3 is 15.5 Å². The van der Waals surface area contributed by atoms with Crippen LogP contribution in [0.15, 0.2) is 58.9 Å². The number of nitrogens with one attached hydrogen (secondary N) is 2. The van der Waals surface area contributed by atoms with Crippen molar-refractivity contribution in [3.8, 4) is 0 Å². The highest BCUT2D eigenvalue weighted by atomic mass is 32.1. The van der Waals surface area contributed by atoms with Crippen molar-refractivity contribution >= 4 is 28.8 Å². The van der Waals surface area contributed by atoms with E-state index in [0.717, 1.165) is 43.3 Å². The molecule has 0 aliphatic carbocycles. The molecule has 1 aliphatic rings. The summed E-state index contributed by atoms with van der Waals surface area (Å²) >= 11 is 1.46. The van der Waals surface area contributed by atoms with E-state index in [4.69, 9.17) is 0 Å². The SMILES string of the molecule is CN=C(NCCCNC(=O)c1cccs1)N1CC=C(c2ccccc2)CC1. The van der Waals surface area contributed by atoms with Crippen molar-refractivity contribution in [1.29, 1.82) is 0 Å². The van der Waals surface area contributed by atoms with Crippen LogP contribution >= 0.6 is 11.3 Å². The van der Waals surface area contributed by atoms with Gasteiger partial charge in [0, 0.05) is 33.2 Å². The molecule has 1 aliphatic heterocycles. The summed E-state index contributed by atoms with van der Waals surface area (Å²) in [6.45, 7) is 3.25. The molecule has 1 aromatic heterocycles. The van der Waals surface area contributed by atoms with Gasteiger partial charge in [-0.05, 0) is 35.4 Å². The highest BCUT2D eigenvalue weighted by Gasteiger charge is 2.15. The van der Waals surface area contributed by atoms with Crippen molar-refractivity contribution in [2.45, 2.75) is 12.8 Å². The Morgan fingerprint density at radius 1 is 1.15 bits per heavy atom. The van der Waals surface area contributed by atoms with Gasteiger partial charge in [0.15, 0.2) is 5.96 Å². The van der Waals surface area contributed by atoms with Crippen LogP contribution in [0, 0.1) is 0 Å². The van der Waals surface area contributed by atoms with Crippen LogP contribution in [0.5, 0.6) is 0 Å². The number of nitrogens with zero attached hydrogens (tertiary/aromatic N) is 2. The lowest BCUT2D eigenvalue weighted by Gasteiger charge is -2.29. The van der Waals surface area contributed by atoms with Crippen LogP contribution in [-0.2, 0) is 0 Å². The number of rotatable bonds is 6. The average Bonchev–Trinajstić information content (AvgIpc) is 3.26. The number of carbonyl (C=O) groups excluding carboxylic acids is 1. The molecule has 0 fully saturated rings. The van der Waals surface area contributed by atoms with Crippen LogP contribution in [0.1, 0.15) is 28.1 Å². The maximum Gasteiger partial charge on any atom is 0.261 e. The third-order valence-corrected chi connectivity index (χ3v) is 5.40. The molecular formula is C21H26N4OS. The van der Waals surface area contributed by atoms with Gasteiger partial charge >= 0.3 is 0 Å². The lowest BCUT2D eigenvalue weighted by molar-refractivity contribution is 0.0957. The van der Waals surface area contributed by atoms with Gasteiger partial charge in [-0.2, -0.15) is 0 Å². The molecule has 0 spiro atoms. The topological polar surface area (TPSA) is 56.7 Å². The molecule has 1 amide bonds. The van der Waals surface area contributed by atoms with Crippen molar-refractivity contribution in [2.24, 2.45) is 4.99 Å². The van der Waals surface area contributed by atoms with E-state index in [1.807, 2.05) is 30.6 Å². The predicted octanol–water partition coefficient (Wildman–Crippen LogP) is 3.23. The summed E-state index contributed by atoms with van der Waals surface area (Å²) in [5.74, 6) is 0.923. The van der Waals surface area contributed by atoms with Crippen LogP contribution in [0.2, 0.25) is 0 Å². The Morgan fingerprint density at radius 2 is 1.96 bits per heavy atom. The summed E-state index contributed by atoms with van der Waals surface area (Å²) in [5.41, 5.74) is 2.71. The molecule has 0 atom stereocenters. The smallest absolute Gasteiger partial charge is 0.261 e. The molecule has 3 rings (SSSR count). The molecule has 1 aromatic carbocycles.